The van der Waals surface area contributed by atoms with Gasteiger partial charge in [0.2, 0.25) is 0 Å². The van der Waals surface area contributed by atoms with Crippen LogP contribution in [0.15, 0.2) is 51.4 Å². The van der Waals surface area contributed by atoms with Crippen LogP contribution in [0.4, 0.5) is 0 Å². The smallest absolute Gasteiger partial charge is 0.122 e. The third kappa shape index (κ3) is 4.33. The van der Waals surface area contributed by atoms with Crippen molar-refractivity contribution in [3.63, 3.8) is 0 Å². The van der Waals surface area contributed by atoms with E-state index >= 15 is 0 Å². The minimum atomic E-state index is 0.0625. The molecule has 0 radical (unpaired) electrons. The third-order valence-corrected chi connectivity index (χ3v) is 4.10. The van der Waals surface area contributed by atoms with Crippen LogP contribution in [-0.4, -0.2) is 13.2 Å². The van der Waals surface area contributed by atoms with Crippen molar-refractivity contribution in [3.05, 3.63) is 62.5 Å². The first-order valence-corrected chi connectivity index (χ1v) is 7.99. The predicted octanol–water partition coefficient (Wildman–Crippen LogP) is 4.33. The van der Waals surface area contributed by atoms with Crippen LogP contribution >= 0.6 is 31.9 Å². The summed E-state index contributed by atoms with van der Waals surface area (Å²) in [5.41, 5.74) is 8.64. The van der Waals surface area contributed by atoms with Gasteiger partial charge in [-0.15, -0.1) is 0 Å². The molecule has 2 aromatic carbocycles. The second-order valence-corrected chi connectivity index (χ2v) is 6.59. The lowest BCUT2D eigenvalue weighted by Gasteiger charge is -2.15. The lowest BCUT2D eigenvalue weighted by molar-refractivity contribution is 0.407. The van der Waals surface area contributed by atoms with Gasteiger partial charge in [-0.25, -0.2) is 0 Å². The largest absolute Gasteiger partial charge is 0.496 e. The van der Waals surface area contributed by atoms with Gasteiger partial charge in [-0.05, 0) is 54.3 Å². The molecule has 0 heterocycles. The molecule has 0 fully saturated rings. The molecule has 2 aromatic rings. The molecule has 0 aliphatic heterocycles. The van der Waals surface area contributed by atoms with Crippen molar-refractivity contribution in [3.8, 4) is 5.75 Å². The molecule has 0 aliphatic rings. The van der Waals surface area contributed by atoms with Crippen molar-refractivity contribution in [2.75, 3.05) is 7.11 Å². The van der Waals surface area contributed by atoms with Gasteiger partial charge in [0.1, 0.15) is 5.75 Å². The normalized spacial score (nSPS) is 12.2. The zero-order chi connectivity index (χ0) is 14.5. The Kier molecular flexibility index (Phi) is 5.64. The first-order valence-electron chi connectivity index (χ1n) is 6.41. The van der Waals surface area contributed by atoms with E-state index in [0.717, 1.165) is 33.1 Å². The quantitative estimate of drug-likeness (QED) is 0.813. The maximum absolute atomic E-state index is 6.28. The summed E-state index contributed by atoms with van der Waals surface area (Å²) in [4.78, 5) is 0. The monoisotopic (exact) mass is 397 g/mol. The number of hydrogen-bond acceptors (Lipinski definition) is 2. The van der Waals surface area contributed by atoms with Gasteiger partial charge in [0, 0.05) is 15.0 Å². The van der Waals surface area contributed by atoms with E-state index in [9.17, 15) is 0 Å². The van der Waals surface area contributed by atoms with E-state index in [-0.39, 0.29) is 6.04 Å². The SMILES string of the molecule is COc1ccc(Br)cc1CC(N)Cc1cccc(Br)c1. The van der Waals surface area contributed by atoms with Gasteiger partial charge in [-0.2, -0.15) is 0 Å². The average molecular weight is 399 g/mol. The highest BCUT2D eigenvalue weighted by Gasteiger charge is 2.10. The summed E-state index contributed by atoms with van der Waals surface area (Å²) < 4.78 is 7.52. The number of hydrogen-bond donors (Lipinski definition) is 1. The zero-order valence-electron chi connectivity index (χ0n) is 11.3. The molecule has 106 valence electrons. The van der Waals surface area contributed by atoms with Crippen molar-refractivity contribution >= 4 is 31.9 Å². The number of nitrogens with two attached hydrogens (primary N) is 1. The standard InChI is InChI=1S/C16H17Br2NO/c1-20-16-6-5-14(18)9-12(16)10-15(19)8-11-3-2-4-13(17)7-11/h2-7,9,15H,8,10,19H2,1H3. The second kappa shape index (κ2) is 7.25. The fourth-order valence-corrected chi connectivity index (χ4v) is 3.08. The van der Waals surface area contributed by atoms with E-state index in [0.29, 0.717) is 0 Å². The fourth-order valence-electron chi connectivity index (χ4n) is 2.23. The minimum absolute atomic E-state index is 0.0625. The fraction of sp³-hybridized carbons (Fsp3) is 0.250. The Morgan fingerprint density at radius 1 is 1.05 bits per heavy atom. The molecule has 0 aliphatic carbocycles. The van der Waals surface area contributed by atoms with E-state index in [1.807, 2.05) is 24.3 Å². The van der Waals surface area contributed by atoms with Crippen molar-refractivity contribution in [2.45, 2.75) is 18.9 Å². The van der Waals surface area contributed by atoms with Gasteiger partial charge in [0.05, 0.1) is 7.11 Å². The molecular formula is C16H17Br2NO. The van der Waals surface area contributed by atoms with Crippen LogP contribution in [0.2, 0.25) is 0 Å². The number of methoxy groups -OCH3 is 1. The highest BCUT2D eigenvalue weighted by atomic mass is 79.9. The van der Waals surface area contributed by atoms with Gasteiger partial charge >= 0.3 is 0 Å². The van der Waals surface area contributed by atoms with Crippen molar-refractivity contribution in [2.24, 2.45) is 5.73 Å². The molecule has 0 bridgehead atoms. The van der Waals surface area contributed by atoms with E-state index in [4.69, 9.17) is 10.5 Å². The first-order chi connectivity index (χ1) is 9.58. The number of benzene rings is 2. The van der Waals surface area contributed by atoms with Crippen LogP contribution in [0.1, 0.15) is 11.1 Å². The summed E-state index contributed by atoms with van der Waals surface area (Å²) in [6, 6.07) is 14.3. The molecule has 1 unspecified atom stereocenters. The molecule has 2 rings (SSSR count). The molecule has 0 spiro atoms. The zero-order valence-corrected chi connectivity index (χ0v) is 14.4. The molecule has 4 heteroatoms. The maximum Gasteiger partial charge on any atom is 0.122 e. The summed E-state index contributed by atoms with van der Waals surface area (Å²) in [5, 5.41) is 0. The molecule has 0 aromatic heterocycles. The number of rotatable bonds is 5. The first kappa shape index (κ1) is 15.5. The van der Waals surface area contributed by atoms with Gasteiger partial charge < -0.3 is 10.5 Å². The lowest BCUT2D eigenvalue weighted by Crippen LogP contribution is -2.25. The molecule has 1 atom stereocenters. The minimum Gasteiger partial charge on any atom is -0.496 e. The molecule has 2 N–H and O–H groups in total. The molecule has 0 saturated carbocycles. The molecule has 0 amide bonds. The second-order valence-electron chi connectivity index (χ2n) is 4.75. The molecule has 20 heavy (non-hydrogen) atoms. The van der Waals surface area contributed by atoms with Crippen molar-refractivity contribution in [1.82, 2.24) is 0 Å². The highest BCUT2D eigenvalue weighted by Crippen LogP contribution is 2.24. The maximum atomic E-state index is 6.28. The van der Waals surface area contributed by atoms with E-state index in [2.05, 4.69) is 50.1 Å². The van der Waals surface area contributed by atoms with Crippen LogP contribution in [0, 0.1) is 0 Å². The van der Waals surface area contributed by atoms with E-state index in [1.165, 1.54) is 5.56 Å². The van der Waals surface area contributed by atoms with Gasteiger partial charge in [0.15, 0.2) is 0 Å². The van der Waals surface area contributed by atoms with E-state index in [1.54, 1.807) is 7.11 Å². The summed E-state index contributed by atoms with van der Waals surface area (Å²) >= 11 is 6.97. The molecule has 2 nitrogen and oxygen atoms in total. The summed E-state index contributed by atoms with van der Waals surface area (Å²) in [6.07, 6.45) is 1.63. The van der Waals surface area contributed by atoms with Crippen LogP contribution < -0.4 is 10.5 Å². The Hall–Kier alpha value is -0.840. The summed E-state index contributed by atoms with van der Waals surface area (Å²) in [7, 11) is 1.69. The molecular weight excluding hydrogens is 382 g/mol. The van der Waals surface area contributed by atoms with E-state index < -0.39 is 0 Å². The Morgan fingerprint density at radius 2 is 1.80 bits per heavy atom. The number of halogens is 2. The Balaban J connectivity index is 2.08. The van der Waals surface area contributed by atoms with Crippen LogP contribution in [-0.2, 0) is 12.8 Å². The van der Waals surface area contributed by atoms with Gasteiger partial charge in [-0.1, -0.05) is 44.0 Å². The van der Waals surface area contributed by atoms with Crippen LogP contribution in [0.3, 0.4) is 0 Å². The van der Waals surface area contributed by atoms with Crippen molar-refractivity contribution in [1.29, 1.82) is 0 Å². The number of ether oxygens (including phenoxy) is 1. The van der Waals surface area contributed by atoms with Crippen molar-refractivity contribution < 1.29 is 4.74 Å². The average Bonchev–Trinajstić information content (AvgIpc) is 2.38. The van der Waals surface area contributed by atoms with Crippen LogP contribution in [0.5, 0.6) is 5.75 Å². The highest BCUT2D eigenvalue weighted by molar-refractivity contribution is 9.10. The Labute approximate surface area is 136 Å². The topological polar surface area (TPSA) is 35.2 Å². The molecule has 0 saturated heterocycles. The predicted molar refractivity (Wildman–Crippen MR) is 90.2 cm³/mol. The van der Waals surface area contributed by atoms with Gasteiger partial charge in [-0.3, -0.25) is 0 Å². The Morgan fingerprint density at radius 3 is 2.50 bits per heavy atom. The lowest BCUT2D eigenvalue weighted by atomic mass is 9.99. The Bertz CT molecular complexity index is 586. The van der Waals surface area contributed by atoms with Crippen LogP contribution in [0.25, 0.3) is 0 Å². The summed E-state index contributed by atoms with van der Waals surface area (Å²) in [5.74, 6) is 0.887. The van der Waals surface area contributed by atoms with Gasteiger partial charge in [0.25, 0.3) is 0 Å². The third-order valence-electron chi connectivity index (χ3n) is 3.11. The summed E-state index contributed by atoms with van der Waals surface area (Å²) in [6.45, 7) is 0.